The van der Waals surface area contributed by atoms with E-state index in [-0.39, 0.29) is 40.0 Å². The van der Waals surface area contributed by atoms with Gasteiger partial charge in [0.25, 0.3) is 0 Å². The van der Waals surface area contributed by atoms with Crippen LogP contribution in [-0.2, 0) is 11.2 Å². The fourth-order valence-electron chi connectivity index (χ4n) is 11.6. The number of carboxylic acid groups (broad SMARTS) is 1. The molecule has 15 heteroatoms. The molecule has 3 aromatic heterocycles. The Morgan fingerprint density at radius 3 is 2.60 bits per heavy atom. The van der Waals surface area contributed by atoms with Gasteiger partial charge in [-0.2, -0.15) is 0 Å². The molecule has 4 aliphatic carbocycles. The van der Waals surface area contributed by atoms with Crippen molar-refractivity contribution >= 4 is 61.4 Å². The van der Waals surface area contributed by atoms with Crippen molar-refractivity contribution in [2.75, 3.05) is 49.6 Å². The molecule has 4 heterocycles. The average Bonchev–Trinajstić information content (AvgIpc) is 3.59. The minimum Gasteiger partial charge on any atom is -0.476 e. The topological polar surface area (TPSA) is 184 Å². The number of thiazole rings is 1. The molecule has 4 aromatic rings. The van der Waals surface area contributed by atoms with Crippen LogP contribution in [0.3, 0.4) is 0 Å². The van der Waals surface area contributed by atoms with Gasteiger partial charge in [0.15, 0.2) is 22.5 Å². The maximum absolute atomic E-state index is 14.4. The Hall–Kier alpha value is -4.57. The summed E-state index contributed by atoms with van der Waals surface area (Å²) < 4.78 is 21.6. The molecule has 58 heavy (non-hydrogen) atoms. The number of pyridine rings is 1. The van der Waals surface area contributed by atoms with E-state index < -0.39 is 5.97 Å². The number of hydrogen-bond acceptors (Lipinski definition) is 13. The molecule has 9 rings (SSSR count). The van der Waals surface area contributed by atoms with E-state index in [2.05, 4.69) is 39.7 Å². The van der Waals surface area contributed by atoms with Gasteiger partial charge in [-0.05, 0) is 119 Å². The summed E-state index contributed by atoms with van der Waals surface area (Å²) in [6.07, 6.45) is 10.2. The Bertz CT molecular complexity index is 2280. The number of aliphatic imine (C=N–C) groups is 1. The number of nitrogens with two attached hydrogens (primary N) is 1. The second-order valence-corrected chi connectivity index (χ2v) is 18.9. The van der Waals surface area contributed by atoms with Gasteiger partial charge in [-0.1, -0.05) is 31.3 Å². The van der Waals surface area contributed by atoms with Crippen LogP contribution in [0.5, 0.6) is 0 Å². The first kappa shape index (κ1) is 40.2. The molecule has 2 unspecified atom stereocenters. The van der Waals surface area contributed by atoms with Crippen molar-refractivity contribution in [3.63, 3.8) is 0 Å². The van der Waals surface area contributed by atoms with Crippen molar-refractivity contribution in [3.05, 3.63) is 64.7 Å². The minimum absolute atomic E-state index is 0.0240. The maximum atomic E-state index is 14.4. The number of fused-ring (bicyclic) bond motifs is 2. The molecule has 1 aliphatic heterocycles. The van der Waals surface area contributed by atoms with Crippen molar-refractivity contribution in [1.82, 2.24) is 25.5 Å². The molecule has 4 bridgehead atoms. The number of aromatic nitrogens is 4. The third-order valence-corrected chi connectivity index (χ3v) is 13.7. The number of hydrogen-bond donors (Lipinski definition) is 5. The first-order valence-electron chi connectivity index (χ1n) is 20.4. The highest BCUT2D eigenvalue weighted by Gasteiger charge is 2.66. The van der Waals surface area contributed by atoms with Crippen molar-refractivity contribution in [2.24, 2.45) is 27.0 Å². The van der Waals surface area contributed by atoms with Gasteiger partial charge >= 0.3 is 5.97 Å². The standard InChI is InChI=1S/C43H54FN9O4S/c1-26-28-8-6-15-53(37(28)52-51-36(26)50-39-48-32-10-5-9-31(44)35(32)58-39)33-12-11-29(34(49-33)38(55)56)30(18-45)27(2)47-25-42-20-40(3)19-41(4,21-42)23-43(22-40,24-42)57-17-14-46-13-7-16-54/h5,9-12,18,46,54H,6-8,13-17,19-25,45H2,1-4H3,(H,55,56)(H,48,50,51)/b30-18+,47-27?. The maximum Gasteiger partial charge on any atom is 0.355 e. The van der Waals surface area contributed by atoms with E-state index in [0.29, 0.717) is 69.3 Å². The molecule has 0 saturated heterocycles. The largest absolute Gasteiger partial charge is 0.476 e. The van der Waals surface area contributed by atoms with E-state index in [1.807, 2.05) is 24.8 Å². The number of benzene rings is 1. The van der Waals surface area contributed by atoms with Crippen LogP contribution in [0.1, 0.15) is 99.3 Å². The number of anilines is 4. The summed E-state index contributed by atoms with van der Waals surface area (Å²) in [4.78, 5) is 29.2. The fourth-order valence-corrected chi connectivity index (χ4v) is 12.4. The zero-order valence-corrected chi connectivity index (χ0v) is 34.6. The highest BCUT2D eigenvalue weighted by Crippen LogP contribution is 2.71. The minimum atomic E-state index is -1.16. The lowest BCUT2D eigenvalue weighted by Gasteiger charge is -2.69. The molecule has 13 nitrogen and oxygen atoms in total. The summed E-state index contributed by atoms with van der Waals surface area (Å²) in [6, 6.07) is 8.40. The van der Waals surface area contributed by atoms with E-state index >= 15 is 0 Å². The Balaban J connectivity index is 1.02. The first-order valence-corrected chi connectivity index (χ1v) is 21.2. The van der Waals surface area contributed by atoms with Crippen LogP contribution in [0.15, 0.2) is 41.5 Å². The number of aliphatic hydroxyl groups excluding tert-OH is 1. The zero-order chi connectivity index (χ0) is 40.9. The summed E-state index contributed by atoms with van der Waals surface area (Å²) in [6.45, 7) is 12.3. The van der Waals surface area contributed by atoms with Crippen molar-refractivity contribution in [1.29, 1.82) is 0 Å². The molecule has 5 aliphatic rings. The third kappa shape index (κ3) is 7.69. The molecule has 6 N–H and O–H groups in total. The van der Waals surface area contributed by atoms with Gasteiger partial charge in [0.1, 0.15) is 11.6 Å². The predicted octanol–water partition coefficient (Wildman–Crippen LogP) is 7.32. The second kappa shape index (κ2) is 15.6. The number of carboxylic acids is 1. The number of allylic oxidation sites excluding steroid dienone is 1. The van der Waals surface area contributed by atoms with Crippen molar-refractivity contribution < 1.29 is 24.1 Å². The van der Waals surface area contributed by atoms with Gasteiger partial charge in [-0.3, -0.25) is 4.99 Å². The molecule has 4 saturated carbocycles. The lowest BCUT2D eigenvalue weighted by Crippen LogP contribution is -2.64. The molecule has 308 valence electrons. The number of halogens is 1. The predicted molar refractivity (Wildman–Crippen MR) is 226 cm³/mol. The zero-order valence-electron chi connectivity index (χ0n) is 33.8. The van der Waals surface area contributed by atoms with Gasteiger partial charge in [0, 0.05) is 60.4 Å². The van der Waals surface area contributed by atoms with Crippen LogP contribution >= 0.6 is 11.3 Å². The van der Waals surface area contributed by atoms with Crippen LogP contribution in [0, 0.1) is 29.0 Å². The molecular weight excluding hydrogens is 758 g/mol. The number of rotatable bonds is 15. The van der Waals surface area contributed by atoms with Crippen LogP contribution in [0.4, 0.5) is 27.0 Å². The quantitative estimate of drug-likeness (QED) is 0.0596. The van der Waals surface area contributed by atoms with Gasteiger partial charge in [-0.25, -0.2) is 19.2 Å². The van der Waals surface area contributed by atoms with E-state index in [9.17, 15) is 14.3 Å². The van der Waals surface area contributed by atoms with E-state index in [1.54, 1.807) is 18.2 Å². The van der Waals surface area contributed by atoms with Crippen LogP contribution in [0.2, 0.25) is 0 Å². The number of carbonyl (C=O) groups is 1. The molecule has 0 amide bonds. The van der Waals surface area contributed by atoms with Gasteiger partial charge in [-0.15, -0.1) is 10.2 Å². The molecule has 4 fully saturated rings. The number of aromatic carboxylic acids is 1. The highest BCUT2D eigenvalue weighted by molar-refractivity contribution is 7.22. The molecule has 1 aromatic carbocycles. The van der Waals surface area contributed by atoms with Gasteiger partial charge < -0.3 is 36.2 Å². The molecule has 0 spiro atoms. The first-order chi connectivity index (χ1) is 27.8. The monoisotopic (exact) mass is 811 g/mol. The second-order valence-electron chi connectivity index (χ2n) is 17.9. The summed E-state index contributed by atoms with van der Waals surface area (Å²) in [7, 11) is 0. The van der Waals surface area contributed by atoms with Crippen LogP contribution in [-0.4, -0.2) is 87.1 Å². The number of aliphatic hydroxyl groups is 1. The fraction of sp³-hybridized carbons (Fsp3) is 0.535. The SMILES string of the molecule is CC(=NCC12CC3(C)CC(C)(C1)CC(OCCNCCCO)(C3)C2)/C(=C\N)c1ccc(N2CCCc3c2nnc(Nc2nc4cccc(F)c4s2)c3C)nc1C(=O)O. The summed E-state index contributed by atoms with van der Waals surface area (Å²) in [5, 5.41) is 35.9. The lowest BCUT2D eigenvalue weighted by molar-refractivity contribution is -0.241. The van der Waals surface area contributed by atoms with Crippen molar-refractivity contribution in [2.45, 2.75) is 91.1 Å². The Morgan fingerprint density at radius 1 is 1.09 bits per heavy atom. The molecular formula is C43H54FN9O4S. The van der Waals surface area contributed by atoms with E-state index in [0.717, 1.165) is 75.6 Å². The van der Waals surface area contributed by atoms with E-state index in [4.69, 9.17) is 25.6 Å². The average molecular weight is 812 g/mol. The summed E-state index contributed by atoms with van der Waals surface area (Å²) in [5.41, 5.74) is 10.3. The number of nitrogens with zero attached hydrogens (tertiary/aromatic N) is 6. The molecule has 0 radical (unpaired) electrons. The number of nitrogens with one attached hydrogen (secondary N) is 2. The van der Waals surface area contributed by atoms with Crippen molar-refractivity contribution in [3.8, 4) is 0 Å². The smallest absolute Gasteiger partial charge is 0.355 e. The van der Waals surface area contributed by atoms with Crippen LogP contribution in [0.25, 0.3) is 15.8 Å². The summed E-state index contributed by atoms with van der Waals surface area (Å²) in [5.74, 6) is 0.116. The third-order valence-electron chi connectivity index (χ3n) is 12.7. The van der Waals surface area contributed by atoms with Gasteiger partial charge in [0.2, 0.25) is 0 Å². The Labute approximate surface area is 342 Å². The number of ether oxygens (including phenoxy) is 1. The van der Waals surface area contributed by atoms with Gasteiger partial charge in [0.05, 0.1) is 22.4 Å². The normalized spacial score (nSPS) is 26.7. The molecule has 2 atom stereocenters. The lowest BCUT2D eigenvalue weighted by atomic mass is 9.39. The van der Waals surface area contributed by atoms with Crippen LogP contribution < -0.4 is 21.3 Å². The highest BCUT2D eigenvalue weighted by atomic mass is 32.1. The summed E-state index contributed by atoms with van der Waals surface area (Å²) >= 11 is 1.22. The van der Waals surface area contributed by atoms with E-state index in [1.165, 1.54) is 30.0 Å². The Kier molecular flexibility index (Phi) is 10.8. The Morgan fingerprint density at radius 2 is 1.88 bits per heavy atom.